The molecule has 2 aromatic rings. The molecule has 50 heavy (non-hydrogen) atoms. The second kappa shape index (κ2) is 14.2. The molecule has 16 heteroatoms. The molecule has 15 nitrogen and oxygen atoms in total. The van der Waals surface area contributed by atoms with E-state index < -0.39 is 71.4 Å². The van der Waals surface area contributed by atoms with Gasteiger partial charge < -0.3 is 43.0 Å². The fraction of sp³-hybridized carbons (Fsp3) is 0.618. The number of piperidine rings is 1. The molecule has 1 aromatic heterocycles. The number of aromatic carboxylic acids is 1. The maximum Gasteiger partial charge on any atom is 0.341 e. The molecule has 3 aliphatic heterocycles. The topological polar surface area (TPSA) is 172 Å². The van der Waals surface area contributed by atoms with E-state index in [0.29, 0.717) is 25.2 Å². The molecule has 0 bridgehead atoms. The average Bonchev–Trinajstić information content (AvgIpc) is 3.80. The Morgan fingerprint density at radius 2 is 1.62 bits per heavy atom. The summed E-state index contributed by atoms with van der Waals surface area (Å²) in [5.74, 6) is -3.82. The summed E-state index contributed by atoms with van der Waals surface area (Å²) in [5, 5.41) is 9.64. The van der Waals surface area contributed by atoms with Crippen molar-refractivity contribution in [1.82, 2.24) is 9.47 Å². The van der Waals surface area contributed by atoms with Gasteiger partial charge in [0.2, 0.25) is 5.43 Å². The molecule has 6 rings (SSSR count). The molecule has 0 amide bonds. The Hall–Kier alpha value is -4.28. The van der Waals surface area contributed by atoms with Crippen molar-refractivity contribution in [2.24, 2.45) is 5.92 Å². The quantitative estimate of drug-likeness (QED) is 0.282. The maximum absolute atomic E-state index is 16.2. The molecule has 3 saturated heterocycles. The highest BCUT2D eigenvalue weighted by Gasteiger charge is 2.53. The number of rotatable bonds is 10. The van der Waals surface area contributed by atoms with Crippen LogP contribution in [-0.2, 0) is 38.1 Å². The molecule has 7 atom stereocenters. The molecule has 0 unspecified atom stereocenters. The number of ether oxygens (including phenoxy) is 6. The number of carbonyl (C=O) groups is 4. The lowest BCUT2D eigenvalue weighted by molar-refractivity contribution is -0.300. The van der Waals surface area contributed by atoms with Crippen LogP contribution in [0.15, 0.2) is 17.1 Å². The monoisotopic (exact) mass is 703 g/mol. The number of likely N-dealkylation sites (tertiary alicyclic amines) is 1. The van der Waals surface area contributed by atoms with Gasteiger partial charge in [0.05, 0.1) is 18.0 Å². The average molecular weight is 704 g/mol. The third kappa shape index (κ3) is 6.75. The van der Waals surface area contributed by atoms with E-state index in [4.69, 9.17) is 28.4 Å². The maximum atomic E-state index is 16.2. The molecule has 0 radical (unpaired) electrons. The number of hydrogen-bond acceptors (Lipinski definition) is 13. The summed E-state index contributed by atoms with van der Waals surface area (Å²) >= 11 is 0. The first-order valence-electron chi connectivity index (χ1n) is 16.7. The zero-order chi connectivity index (χ0) is 36.0. The normalized spacial score (nSPS) is 28.2. The number of carboxylic acids is 1. The number of aromatic nitrogens is 1. The number of carbonyl (C=O) groups excluding carboxylic acids is 3. The summed E-state index contributed by atoms with van der Waals surface area (Å²) < 4.78 is 52.1. The second-order valence-electron chi connectivity index (χ2n) is 13.3. The van der Waals surface area contributed by atoms with Gasteiger partial charge in [-0.2, -0.15) is 0 Å². The van der Waals surface area contributed by atoms with E-state index in [1.807, 2.05) is 4.90 Å². The molecule has 4 heterocycles. The van der Waals surface area contributed by atoms with Gasteiger partial charge in [0.15, 0.2) is 36.2 Å². The third-order valence-corrected chi connectivity index (χ3v) is 9.93. The van der Waals surface area contributed by atoms with Crippen LogP contribution in [0, 0.1) is 11.7 Å². The fourth-order valence-corrected chi connectivity index (χ4v) is 7.83. The lowest BCUT2D eigenvalue weighted by atomic mass is 9.90. The van der Waals surface area contributed by atoms with Gasteiger partial charge >= 0.3 is 23.9 Å². The highest BCUT2D eigenvalue weighted by atomic mass is 19.1. The van der Waals surface area contributed by atoms with Crippen molar-refractivity contribution in [3.63, 3.8) is 0 Å². The minimum atomic E-state index is -1.38. The van der Waals surface area contributed by atoms with Crippen LogP contribution in [0.5, 0.6) is 5.75 Å². The number of methoxy groups -OCH3 is 2. The number of benzene rings is 1. The Labute approximate surface area is 287 Å². The molecule has 1 saturated carbocycles. The second-order valence-corrected chi connectivity index (χ2v) is 13.3. The van der Waals surface area contributed by atoms with Crippen LogP contribution in [0.1, 0.15) is 62.9 Å². The molecule has 1 aliphatic carbocycles. The van der Waals surface area contributed by atoms with Crippen molar-refractivity contribution >= 4 is 40.5 Å². The molecule has 272 valence electrons. The van der Waals surface area contributed by atoms with Crippen molar-refractivity contribution in [2.45, 2.75) is 89.2 Å². The predicted molar refractivity (Wildman–Crippen MR) is 173 cm³/mol. The number of hydrogen-bond donors (Lipinski definition) is 1. The number of halogens is 1. The Kier molecular flexibility index (Phi) is 10.1. The van der Waals surface area contributed by atoms with Crippen molar-refractivity contribution < 1.29 is 57.1 Å². The van der Waals surface area contributed by atoms with Gasteiger partial charge in [0, 0.05) is 65.8 Å². The predicted octanol–water partition coefficient (Wildman–Crippen LogP) is 2.25. The third-order valence-electron chi connectivity index (χ3n) is 9.93. The van der Waals surface area contributed by atoms with E-state index in [2.05, 4.69) is 4.90 Å². The standard InChI is InChI=1S/C34H42FN3O12/c1-16(39)47-29-25(50-34(46-5)32(49-18(3)41)31(29)48-17(2)40)15-36-10-6-7-19-12-37(14-24(19)36)27-23(35)11-21-26(30(27)45-4)38(20-8-9-20)13-22(28(21)42)33(43)44/h11,13,19-20,24-25,29,31-32,34H,6-10,12,14-15H2,1-5H3,(H,43,44)/t19-,24+,25+,29+,31-,32+,34-/m0/s1. The van der Waals surface area contributed by atoms with Crippen LogP contribution >= 0.6 is 0 Å². The molecule has 4 aliphatic rings. The summed E-state index contributed by atoms with van der Waals surface area (Å²) in [6.07, 6.45) is -0.994. The lowest BCUT2D eigenvalue weighted by Gasteiger charge is -2.46. The van der Waals surface area contributed by atoms with Gasteiger partial charge in [0.25, 0.3) is 0 Å². The van der Waals surface area contributed by atoms with Crippen molar-refractivity contribution in [3.05, 3.63) is 33.9 Å². The van der Waals surface area contributed by atoms with Crippen molar-refractivity contribution in [1.29, 1.82) is 0 Å². The van der Waals surface area contributed by atoms with Gasteiger partial charge in [-0.15, -0.1) is 0 Å². The smallest absolute Gasteiger partial charge is 0.341 e. The van der Waals surface area contributed by atoms with Gasteiger partial charge in [-0.25, -0.2) is 9.18 Å². The Morgan fingerprint density at radius 1 is 0.960 bits per heavy atom. The van der Waals surface area contributed by atoms with Crippen molar-refractivity contribution in [2.75, 3.05) is 45.3 Å². The highest BCUT2D eigenvalue weighted by molar-refractivity contribution is 5.97. The number of esters is 3. The zero-order valence-electron chi connectivity index (χ0n) is 28.6. The van der Waals surface area contributed by atoms with Crippen LogP contribution in [0.25, 0.3) is 10.9 Å². The minimum Gasteiger partial charge on any atom is -0.492 e. The number of pyridine rings is 1. The molecular weight excluding hydrogens is 661 g/mol. The summed E-state index contributed by atoms with van der Waals surface area (Å²) in [5.41, 5.74) is -0.653. The Balaban J connectivity index is 1.33. The van der Waals surface area contributed by atoms with E-state index in [1.165, 1.54) is 41.2 Å². The van der Waals surface area contributed by atoms with E-state index in [0.717, 1.165) is 31.7 Å². The Bertz CT molecular complexity index is 1740. The summed E-state index contributed by atoms with van der Waals surface area (Å²) in [4.78, 5) is 65.6. The first kappa shape index (κ1) is 35.5. The number of fused-ring (bicyclic) bond motifs is 2. The van der Waals surface area contributed by atoms with Crippen LogP contribution in [0.2, 0.25) is 0 Å². The van der Waals surface area contributed by atoms with E-state index in [-0.39, 0.29) is 41.4 Å². The van der Waals surface area contributed by atoms with Gasteiger partial charge in [-0.3, -0.25) is 24.1 Å². The fourth-order valence-electron chi connectivity index (χ4n) is 7.83. The molecular formula is C34H42FN3O12. The van der Waals surface area contributed by atoms with E-state index in [9.17, 15) is 29.1 Å². The number of carboxylic acid groups (broad SMARTS) is 1. The summed E-state index contributed by atoms with van der Waals surface area (Å²) in [7, 11) is 2.77. The first-order chi connectivity index (χ1) is 23.8. The summed E-state index contributed by atoms with van der Waals surface area (Å²) in [6.45, 7) is 5.32. The van der Waals surface area contributed by atoms with Crippen LogP contribution in [0.4, 0.5) is 10.1 Å². The van der Waals surface area contributed by atoms with E-state index in [1.54, 1.807) is 4.57 Å². The van der Waals surface area contributed by atoms with Crippen molar-refractivity contribution in [3.8, 4) is 5.75 Å². The van der Waals surface area contributed by atoms with Crippen LogP contribution in [0.3, 0.4) is 0 Å². The zero-order valence-corrected chi connectivity index (χ0v) is 28.6. The van der Waals surface area contributed by atoms with E-state index >= 15 is 4.39 Å². The number of anilines is 1. The molecule has 0 spiro atoms. The summed E-state index contributed by atoms with van der Waals surface area (Å²) in [6, 6.07) is 0.970. The largest absolute Gasteiger partial charge is 0.492 e. The number of nitrogens with zero attached hydrogens (tertiary/aromatic N) is 3. The molecule has 1 aromatic carbocycles. The first-order valence-corrected chi connectivity index (χ1v) is 16.7. The van der Waals surface area contributed by atoms with Gasteiger partial charge in [-0.05, 0) is 44.2 Å². The molecule has 4 fully saturated rings. The van der Waals surface area contributed by atoms with Crippen LogP contribution < -0.4 is 15.1 Å². The van der Waals surface area contributed by atoms with Crippen LogP contribution in [-0.4, -0.2) is 116 Å². The highest BCUT2D eigenvalue weighted by Crippen LogP contribution is 2.46. The minimum absolute atomic E-state index is 0.0344. The van der Waals surface area contributed by atoms with Gasteiger partial charge in [-0.1, -0.05) is 0 Å². The SMILES string of the molecule is COc1c(N2C[C@@H]3CCCN(C[C@H]4O[C@H](OC)[C@H](OC(C)=O)[C@@H](OC(C)=O)[C@@H]4OC(C)=O)[C@@H]3C2)c(F)cc2c(=O)c(C(=O)O)cn(C3CC3)c12. The van der Waals surface area contributed by atoms with Gasteiger partial charge in [0.1, 0.15) is 17.4 Å². The Morgan fingerprint density at radius 3 is 2.22 bits per heavy atom. The molecule has 1 N–H and O–H groups in total. The lowest BCUT2D eigenvalue weighted by Crippen LogP contribution is -2.64.